The number of carboxylic acids is 1. The van der Waals surface area contributed by atoms with Crippen molar-refractivity contribution >= 4 is 30.2 Å². The average Bonchev–Trinajstić information content (AvgIpc) is 2.98. The van der Waals surface area contributed by atoms with Crippen molar-refractivity contribution in [2.24, 2.45) is 0 Å². The van der Waals surface area contributed by atoms with E-state index >= 15 is 0 Å². The number of carbonyl (C=O) groups is 2. The Bertz CT molecular complexity index is 1550. The second kappa shape index (κ2) is 15.3. The van der Waals surface area contributed by atoms with Gasteiger partial charge in [-0.25, -0.2) is 9.59 Å². The highest BCUT2D eigenvalue weighted by molar-refractivity contribution is 5.91. The highest BCUT2D eigenvalue weighted by atomic mass is 16.6. The van der Waals surface area contributed by atoms with Crippen molar-refractivity contribution < 1.29 is 55.2 Å². The van der Waals surface area contributed by atoms with E-state index in [-0.39, 0.29) is 30.2 Å². The van der Waals surface area contributed by atoms with Gasteiger partial charge in [0.1, 0.15) is 0 Å². The molecule has 0 amide bonds. The average molecular weight is 610 g/mol. The molecule has 0 aliphatic heterocycles. The van der Waals surface area contributed by atoms with Gasteiger partial charge in [-0.3, -0.25) is 0 Å². The first-order chi connectivity index (χ1) is 20.9. The number of phenols is 6. The SMILES string of the molecule is CCNC[C@@H](c1ccc(O)c(O)c1)[C@@H](OC(=O)C=Cc1cc(O)c(O)cc1C=Cc1cc(O)c(O)cc1CCCO)C(=O)O. The molecule has 44 heavy (non-hydrogen) atoms. The van der Waals surface area contributed by atoms with Gasteiger partial charge in [-0.1, -0.05) is 25.1 Å². The van der Waals surface area contributed by atoms with Crippen LogP contribution in [0.3, 0.4) is 0 Å². The highest BCUT2D eigenvalue weighted by Gasteiger charge is 2.33. The van der Waals surface area contributed by atoms with E-state index in [4.69, 9.17) is 4.74 Å². The first-order valence-electron chi connectivity index (χ1n) is 13.7. The number of aliphatic hydroxyl groups is 1. The maximum Gasteiger partial charge on any atom is 0.345 e. The molecule has 3 rings (SSSR count). The number of hydrogen-bond donors (Lipinski definition) is 9. The maximum absolute atomic E-state index is 12.8. The summed E-state index contributed by atoms with van der Waals surface area (Å²) in [5, 5.41) is 81.8. The number of nitrogens with one attached hydrogen (secondary N) is 1. The summed E-state index contributed by atoms with van der Waals surface area (Å²) in [6.07, 6.45) is 4.44. The van der Waals surface area contributed by atoms with Crippen molar-refractivity contribution in [2.75, 3.05) is 19.7 Å². The largest absolute Gasteiger partial charge is 0.504 e. The fraction of sp³-hybridized carbons (Fsp3) is 0.250. The zero-order valence-electron chi connectivity index (χ0n) is 23.8. The molecular formula is C32H35NO11. The van der Waals surface area contributed by atoms with E-state index in [2.05, 4.69) is 5.32 Å². The van der Waals surface area contributed by atoms with E-state index in [1.165, 1.54) is 54.6 Å². The minimum atomic E-state index is -1.68. The lowest BCUT2D eigenvalue weighted by Gasteiger charge is -2.24. The molecule has 234 valence electrons. The van der Waals surface area contributed by atoms with Gasteiger partial charge in [0.15, 0.2) is 34.5 Å². The van der Waals surface area contributed by atoms with Crippen LogP contribution in [0.4, 0.5) is 0 Å². The molecule has 0 bridgehead atoms. The van der Waals surface area contributed by atoms with Crippen LogP contribution in [0.25, 0.3) is 18.2 Å². The Morgan fingerprint density at radius 2 is 1.36 bits per heavy atom. The van der Waals surface area contributed by atoms with E-state index in [0.717, 1.165) is 6.08 Å². The molecule has 0 saturated carbocycles. The molecule has 0 aromatic heterocycles. The summed E-state index contributed by atoms with van der Waals surface area (Å²) in [6.45, 7) is 2.27. The van der Waals surface area contributed by atoms with Crippen LogP contribution in [0.15, 0.2) is 48.5 Å². The lowest BCUT2D eigenvalue weighted by atomic mass is 9.92. The minimum Gasteiger partial charge on any atom is -0.504 e. The van der Waals surface area contributed by atoms with Gasteiger partial charge >= 0.3 is 11.9 Å². The summed E-state index contributed by atoms with van der Waals surface area (Å²) in [5.41, 5.74) is 2.01. The quantitative estimate of drug-likeness (QED) is 0.0556. The molecule has 2 atom stereocenters. The van der Waals surface area contributed by atoms with Crippen LogP contribution in [0, 0.1) is 0 Å². The third-order valence-corrected chi connectivity index (χ3v) is 6.76. The van der Waals surface area contributed by atoms with Crippen molar-refractivity contribution in [1.82, 2.24) is 5.32 Å². The van der Waals surface area contributed by atoms with Gasteiger partial charge in [-0.15, -0.1) is 0 Å². The van der Waals surface area contributed by atoms with E-state index in [9.17, 15) is 50.4 Å². The van der Waals surface area contributed by atoms with Gasteiger partial charge in [0, 0.05) is 25.1 Å². The number of aromatic hydroxyl groups is 6. The minimum absolute atomic E-state index is 0.0720. The number of carboxylic acid groups (broad SMARTS) is 1. The number of aliphatic carboxylic acids is 1. The Morgan fingerprint density at radius 3 is 1.95 bits per heavy atom. The fourth-order valence-corrected chi connectivity index (χ4v) is 4.45. The number of esters is 1. The molecule has 9 N–H and O–H groups in total. The van der Waals surface area contributed by atoms with E-state index < -0.39 is 47.0 Å². The van der Waals surface area contributed by atoms with Crippen LogP contribution in [0.2, 0.25) is 0 Å². The Kier molecular flexibility index (Phi) is 11.6. The lowest BCUT2D eigenvalue weighted by Crippen LogP contribution is -2.38. The molecule has 12 heteroatoms. The van der Waals surface area contributed by atoms with Crippen molar-refractivity contribution in [1.29, 1.82) is 0 Å². The van der Waals surface area contributed by atoms with Crippen LogP contribution in [-0.2, 0) is 20.7 Å². The molecule has 0 aliphatic carbocycles. The lowest BCUT2D eigenvalue weighted by molar-refractivity contribution is -0.162. The third-order valence-electron chi connectivity index (χ3n) is 6.76. The van der Waals surface area contributed by atoms with Crippen LogP contribution in [0.1, 0.15) is 47.1 Å². The highest BCUT2D eigenvalue weighted by Crippen LogP contribution is 2.34. The van der Waals surface area contributed by atoms with Gasteiger partial charge in [-0.2, -0.15) is 0 Å². The normalized spacial score (nSPS) is 12.9. The Morgan fingerprint density at radius 1 is 0.795 bits per heavy atom. The van der Waals surface area contributed by atoms with Crippen molar-refractivity contribution in [2.45, 2.75) is 31.8 Å². The van der Waals surface area contributed by atoms with Gasteiger partial charge < -0.3 is 50.9 Å². The molecule has 3 aromatic carbocycles. The Balaban J connectivity index is 1.91. The van der Waals surface area contributed by atoms with Crippen molar-refractivity contribution in [3.8, 4) is 34.5 Å². The summed E-state index contributed by atoms with van der Waals surface area (Å²) in [4.78, 5) is 25.0. The first kappa shape index (κ1) is 33.3. The van der Waals surface area contributed by atoms with Gasteiger partial charge in [0.25, 0.3) is 0 Å². The smallest absolute Gasteiger partial charge is 0.345 e. The van der Waals surface area contributed by atoms with E-state index in [1.54, 1.807) is 13.0 Å². The molecule has 0 saturated heterocycles. The zero-order chi connectivity index (χ0) is 32.4. The second-order valence-corrected chi connectivity index (χ2v) is 9.86. The number of ether oxygens (including phenoxy) is 1. The number of aryl methyl sites for hydroxylation is 1. The van der Waals surface area contributed by atoms with Crippen LogP contribution < -0.4 is 5.32 Å². The second-order valence-electron chi connectivity index (χ2n) is 9.86. The predicted octanol–water partition coefficient (Wildman–Crippen LogP) is 3.42. The molecule has 12 nitrogen and oxygen atoms in total. The molecule has 0 aliphatic rings. The molecule has 0 fully saturated rings. The summed E-state index contributed by atoms with van der Waals surface area (Å²) in [5.74, 6) is -5.89. The number of aliphatic hydroxyl groups excluding tert-OH is 1. The molecular weight excluding hydrogens is 574 g/mol. The molecule has 0 unspecified atom stereocenters. The van der Waals surface area contributed by atoms with Gasteiger partial charge in [-0.05, 0) is 89.7 Å². The summed E-state index contributed by atoms with van der Waals surface area (Å²) < 4.78 is 5.31. The van der Waals surface area contributed by atoms with Gasteiger partial charge in [0.2, 0.25) is 6.10 Å². The van der Waals surface area contributed by atoms with Crippen LogP contribution in [-0.4, -0.2) is 78.6 Å². The van der Waals surface area contributed by atoms with E-state index in [1.807, 2.05) is 0 Å². The molecule has 0 heterocycles. The van der Waals surface area contributed by atoms with Crippen LogP contribution in [0.5, 0.6) is 34.5 Å². The predicted molar refractivity (Wildman–Crippen MR) is 161 cm³/mol. The Labute approximate surface area is 253 Å². The standard InChI is InChI=1S/C32H35NO11/c1-2-33-17-23(22-7-9-24(35)25(36)16-22)31(32(42)43)44-30(41)10-8-21-15-29(40)28(39)14-20(21)6-5-19-13-27(38)26(37)12-18(19)4-3-11-34/h5-10,12-16,23,31,33-40H,2-4,11,17H2,1H3,(H,42,43)/t23-,31+/m0/s1. The van der Waals surface area contributed by atoms with Crippen molar-refractivity contribution in [3.63, 3.8) is 0 Å². The van der Waals surface area contributed by atoms with Gasteiger partial charge in [0.05, 0.1) is 0 Å². The van der Waals surface area contributed by atoms with E-state index in [0.29, 0.717) is 41.6 Å². The number of carbonyl (C=O) groups excluding carboxylic acids is 1. The van der Waals surface area contributed by atoms with Crippen LogP contribution >= 0.6 is 0 Å². The molecule has 0 radical (unpaired) electrons. The third kappa shape index (κ3) is 8.66. The number of phenolic OH excluding ortho intramolecular Hbond substituents is 6. The maximum atomic E-state index is 12.8. The zero-order valence-corrected chi connectivity index (χ0v) is 23.8. The Hall–Kier alpha value is -5.20. The number of rotatable bonds is 14. The first-order valence-corrected chi connectivity index (χ1v) is 13.7. The molecule has 0 spiro atoms. The topological polar surface area (TPSA) is 217 Å². The molecule has 3 aromatic rings. The number of hydrogen-bond acceptors (Lipinski definition) is 11. The number of likely N-dealkylation sites (N-methyl/N-ethyl adjacent to an activating group) is 1. The summed E-state index contributed by atoms with van der Waals surface area (Å²) in [7, 11) is 0. The monoisotopic (exact) mass is 609 g/mol. The summed E-state index contributed by atoms with van der Waals surface area (Å²) in [6, 6.07) is 8.92. The van der Waals surface area contributed by atoms with Crippen molar-refractivity contribution in [3.05, 3.63) is 76.4 Å². The number of benzene rings is 3. The fourth-order valence-electron chi connectivity index (χ4n) is 4.45. The summed E-state index contributed by atoms with van der Waals surface area (Å²) >= 11 is 0.